The molecule has 1 aliphatic rings. The summed E-state index contributed by atoms with van der Waals surface area (Å²) in [6.45, 7) is 7.32. The summed E-state index contributed by atoms with van der Waals surface area (Å²) in [5.41, 5.74) is -1.14. The standard InChI is InChI=1S/C23H28N2O6/c1-22(2,3)31-21(29)25-11-10-24(14-23(25,4)20(27)28)16-12-15-8-6-7-9-17(15)18(13-16)19(26)30-5/h6-9,12-13H,10-11,14H2,1-5H3,(H,27,28)/t23-/m0/s1. The first-order valence-electron chi connectivity index (χ1n) is 10.1. The third-order valence-electron chi connectivity index (χ3n) is 5.38. The lowest BCUT2D eigenvalue weighted by Gasteiger charge is -2.47. The van der Waals surface area contributed by atoms with Crippen LogP contribution in [0.2, 0.25) is 0 Å². The van der Waals surface area contributed by atoms with E-state index in [9.17, 15) is 19.5 Å². The molecule has 1 atom stereocenters. The van der Waals surface area contributed by atoms with E-state index in [-0.39, 0.29) is 13.1 Å². The number of hydrogen-bond acceptors (Lipinski definition) is 6. The zero-order valence-electron chi connectivity index (χ0n) is 18.5. The topological polar surface area (TPSA) is 96.4 Å². The molecule has 31 heavy (non-hydrogen) atoms. The van der Waals surface area contributed by atoms with Crippen LogP contribution in [0, 0.1) is 0 Å². The summed E-state index contributed by atoms with van der Waals surface area (Å²) < 4.78 is 10.4. The van der Waals surface area contributed by atoms with Crippen molar-refractivity contribution < 1.29 is 29.0 Å². The Labute approximate surface area is 181 Å². The van der Waals surface area contributed by atoms with Crippen molar-refractivity contribution in [3.8, 4) is 0 Å². The first-order valence-corrected chi connectivity index (χ1v) is 10.1. The number of anilines is 1. The number of aliphatic carboxylic acids is 1. The number of benzene rings is 2. The van der Waals surface area contributed by atoms with Gasteiger partial charge in [-0.15, -0.1) is 0 Å². The lowest BCUT2D eigenvalue weighted by molar-refractivity contribution is -0.150. The van der Waals surface area contributed by atoms with Gasteiger partial charge < -0.3 is 19.5 Å². The van der Waals surface area contributed by atoms with E-state index in [1.807, 2.05) is 35.2 Å². The molecule has 0 aromatic heterocycles. The van der Waals surface area contributed by atoms with Gasteiger partial charge in [0.25, 0.3) is 0 Å². The van der Waals surface area contributed by atoms with Gasteiger partial charge in [-0.1, -0.05) is 24.3 Å². The van der Waals surface area contributed by atoms with Crippen LogP contribution in [0.1, 0.15) is 38.1 Å². The van der Waals surface area contributed by atoms with Crippen molar-refractivity contribution in [2.75, 3.05) is 31.6 Å². The van der Waals surface area contributed by atoms with E-state index in [0.29, 0.717) is 17.8 Å². The molecule has 0 bridgehead atoms. The zero-order chi connectivity index (χ0) is 23.0. The fourth-order valence-electron chi connectivity index (χ4n) is 3.77. The Kier molecular flexibility index (Phi) is 5.85. The predicted octanol–water partition coefficient (Wildman–Crippen LogP) is 3.53. The Morgan fingerprint density at radius 1 is 1.10 bits per heavy atom. The number of carbonyl (C=O) groups is 3. The number of amides is 1. The zero-order valence-corrected chi connectivity index (χ0v) is 18.5. The minimum absolute atomic E-state index is 0.0422. The third-order valence-corrected chi connectivity index (χ3v) is 5.38. The van der Waals surface area contributed by atoms with Crippen molar-refractivity contribution in [2.24, 2.45) is 0 Å². The van der Waals surface area contributed by atoms with Crippen LogP contribution in [0.15, 0.2) is 36.4 Å². The molecule has 1 aliphatic heterocycles. The van der Waals surface area contributed by atoms with Gasteiger partial charge in [-0.2, -0.15) is 0 Å². The molecule has 8 heteroatoms. The van der Waals surface area contributed by atoms with E-state index < -0.39 is 29.2 Å². The second-order valence-corrected chi connectivity index (χ2v) is 8.84. The summed E-state index contributed by atoms with van der Waals surface area (Å²) in [5, 5.41) is 11.6. The maximum atomic E-state index is 12.7. The van der Waals surface area contributed by atoms with Crippen LogP contribution in [0.3, 0.4) is 0 Å². The number of piperazine rings is 1. The van der Waals surface area contributed by atoms with Crippen molar-refractivity contribution in [3.05, 3.63) is 42.0 Å². The normalized spacial score (nSPS) is 19.3. The largest absolute Gasteiger partial charge is 0.479 e. The molecule has 166 valence electrons. The second-order valence-electron chi connectivity index (χ2n) is 8.84. The van der Waals surface area contributed by atoms with Gasteiger partial charge in [-0.3, -0.25) is 4.90 Å². The molecule has 0 saturated carbocycles. The number of esters is 1. The van der Waals surface area contributed by atoms with Gasteiger partial charge >= 0.3 is 18.0 Å². The molecular formula is C23H28N2O6. The van der Waals surface area contributed by atoms with Crippen molar-refractivity contribution in [1.82, 2.24) is 4.90 Å². The first kappa shape index (κ1) is 22.4. The average molecular weight is 428 g/mol. The van der Waals surface area contributed by atoms with Crippen LogP contribution in [0.5, 0.6) is 0 Å². The number of ether oxygens (including phenoxy) is 2. The molecule has 1 heterocycles. The molecule has 0 aliphatic carbocycles. The number of hydrogen-bond donors (Lipinski definition) is 1. The van der Waals surface area contributed by atoms with Crippen LogP contribution >= 0.6 is 0 Å². The SMILES string of the molecule is COC(=O)c1cc(N2CCN(C(=O)OC(C)(C)C)[C@](C)(C(=O)O)C2)cc2ccccc12. The van der Waals surface area contributed by atoms with Crippen molar-refractivity contribution in [1.29, 1.82) is 0 Å². The van der Waals surface area contributed by atoms with E-state index in [1.165, 1.54) is 18.9 Å². The molecule has 1 fully saturated rings. The maximum absolute atomic E-state index is 12.7. The van der Waals surface area contributed by atoms with Gasteiger partial charge in [0.1, 0.15) is 5.60 Å². The van der Waals surface area contributed by atoms with Crippen molar-refractivity contribution >= 4 is 34.5 Å². The van der Waals surface area contributed by atoms with Crippen molar-refractivity contribution in [2.45, 2.75) is 38.8 Å². The molecule has 0 spiro atoms. The smallest absolute Gasteiger partial charge is 0.411 e. The van der Waals surface area contributed by atoms with Crippen LogP contribution < -0.4 is 4.90 Å². The summed E-state index contributed by atoms with van der Waals surface area (Å²) >= 11 is 0. The van der Waals surface area contributed by atoms with E-state index in [0.717, 1.165) is 10.8 Å². The van der Waals surface area contributed by atoms with Crippen LogP contribution in [0.4, 0.5) is 10.5 Å². The molecule has 0 unspecified atom stereocenters. The molecule has 2 aromatic rings. The fraction of sp³-hybridized carbons (Fsp3) is 0.435. The number of rotatable bonds is 3. The number of fused-ring (bicyclic) bond motifs is 1. The minimum Gasteiger partial charge on any atom is -0.479 e. The number of nitrogens with zero attached hydrogens (tertiary/aromatic N) is 2. The highest BCUT2D eigenvalue weighted by atomic mass is 16.6. The third kappa shape index (κ3) is 4.42. The molecule has 0 radical (unpaired) electrons. The van der Waals surface area contributed by atoms with Gasteiger partial charge in [0, 0.05) is 18.8 Å². The molecular weight excluding hydrogens is 400 g/mol. The van der Waals surface area contributed by atoms with Gasteiger partial charge in [0.05, 0.1) is 19.2 Å². The summed E-state index contributed by atoms with van der Waals surface area (Å²) in [5.74, 6) is -1.59. The lowest BCUT2D eigenvalue weighted by Crippen LogP contribution is -2.66. The summed E-state index contributed by atoms with van der Waals surface area (Å²) in [4.78, 5) is 40.4. The molecule has 1 N–H and O–H groups in total. The fourth-order valence-corrected chi connectivity index (χ4v) is 3.77. The lowest BCUT2D eigenvalue weighted by atomic mass is 9.95. The molecule has 2 aromatic carbocycles. The molecule has 1 amide bonds. The van der Waals surface area contributed by atoms with E-state index in [4.69, 9.17) is 9.47 Å². The van der Waals surface area contributed by atoms with Gasteiger partial charge in [0.15, 0.2) is 5.54 Å². The Morgan fingerprint density at radius 3 is 2.39 bits per heavy atom. The van der Waals surface area contributed by atoms with Crippen LogP contribution in [-0.2, 0) is 14.3 Å². The second kappa shape index (κ2) is 8.09. The summed E-state index contributed by atoms with van der Waals surface area (Å²) in [6.07, 6.45) is -0.661. The average Bonchev–Trinajstić information content (AvgIpc) is 2.70. The Hall–Kier alpha value is -3.29. The van der Waals surface area contributed by atoms with Gasteiger partial charge in [-0.05, 0) is 50.6 Å². The minimum atomic E-state index is -1.50. The van der Waals surface area contributed by atoms with Crippen LogP contribution in [0.25, 0.3) is 10.8 Å². The van der Waals surface area contributed by atoms with Gasteiger partial charge in [-0.25, -0.2) is 14.4 Å². The molecule has 8 nitrogen and oxygen atoms in total. The number of carbonyl (C=O) groups excluding carboxylic acids is 2. The Balaban J connectivity index is 1.99. The highest BCUT2D eigenvalue weighted by Crippen LogP contribution is 2.32. The monoisotopic (exact) mass is 428 g/mol. The van der Waals surface area contributed by atoms with E-state index >= 15 is 0 Å². The van der Waals surface area contributed by atoms with E-state index in [2.05, 4.69) is 0 Å². The van der Waals surface area contributed by atoms with Crippen LogP contribution in [-0.4, -0.2) is 65.9 Å². The van der Waals surface area contributed by atoms with E-state index in [1.54, 1.807) is 26.8 Å². The predicted molar refractivity (Wildman–Crippen MR) is 116 cm³/mol. The Morgan fingerprint density at radius 2 is 1.77 bits per heavy atom. The summed E-state index contributed by atoms with van der Waals surface area (Å²) in [6, 6.07) is 11.1. The highest BCUT2D eigenvalue weighted by molar-refractivity contribution is 6.06. The number of carboxylic acids is 1. The molecule has 1 saturated heterocycles. The maximum Gasteiger partial charge on any atom is 0.411 e. The number of carboxylic acid groups (broad SMARTS) is 1. The first-order chi connectivity index (χ1) is 14.5. The number of methoxy groups -OCH3 is 1. The van der Waals surface area contributed by atoms with Crippen molar-refractivity contribution in [3.63, 3.8) is 0 Å². The summed E-state index contributed by atoms with van der Waals surface area (Å²) in [7, 11) is 1.32. The van der Waals surface area contributed by atoms with Gasteiger partial charge in [0.2, 0.25) is 0 Å². The quantitative estimate of drug-likeness (QED) is 0.747. The highest BCUT2D eigenvalue weighted by Gasteiger charge is 2.48. The molecule has 3 rings (SSSR count). The Bertz CT molecular complexity index is 1030.